The largest absolute Gasteiger partial charge is 0.424 e. The van der Waals surface area contributed by atoms with Gasteiger partial charge >= 0.3 is 5.97 Å². The predicted molar refractivity (Wildman–Crippen MR) is 97.7 cm³/mol. The lowest BCUT2D eigenvalue weighted by Crippen LogP contribution is -2.15. The number of anilines is 1. The van der Waals surface area contributed by atoms with Gasteiger partial charge in [-0.2, -0.15) is 0 Å². The molecule has 0 saturated carbocycles. The van der Waals surface area contributed by atoms with Crippen LogP contribution in [-0.4, -0.2) is 22.5 Å². The second kappa shape index (κ2) is 7.96. The van der Waals surface area contributed by atoms with E-state index in [1.165, 1.54) is 13.3 Å². The standard InChI is InChI=1S/C18H16N6O2/c1-12(25)26-16-9-5-8-14-17(16)20-11-21-18(14)23-15(10-22-24-19)13-6-3-2-4-7-13/h2-9,11,15H,10H2,1H3,(H,20,21,23)/t15-/m1/s1. The lowest BCUT2D eigenvalue weighted by molar-refractivity contribution is -0.131. The summed E-state index contributed by atoms with van der Waals surface area (Å²) in [5.74, 6) is 0.508. The number of carbonyl (C=O) groups excluding carboxylic acids is 1. The quantitative estimate of drug-likeness (QED) is 0.238. The van der Waals surface area contributed by atoms with Crippen molar-refractivity contribution in [2.45, 2.75) is 13.0 Å². The molecule has 0 aliphatic carbocycles. The van der Waals surface area contributed by atoms with Crippen molar-refractivity contribution in [3.63, 3.8) is 0 Å². The van der Waals surface area contributed by atoms with Crippen LogP contribution in [0.3, 0.4) is 0 Å². The molecule has 3 rings (SSSR count). The number of ether oxygens (including phenoxy) is 1. The zero-order chi connectivity index (χ0) is 18.4. The molecule has 0 saturated heterocycles. The molecule has 1 aromatic heterocycles. The minimum atomic E-state index is -0.420. The third-order valence-electron chi connectivity index (χ3n) is 3.72. The zero-order valence-corrected chi connectivity index (χ0v) is 14.0. The molecule has 0 fully saturated rings. The highest BCUT2D eigenvalue weighted by atomic mass is 16.5. The smallest absolute Gasteiger partial charge is 0.308 e. The first kappa shape index (κ1) is 17.2. The molecule has 0 aliphatic heterocycles. The first-order valence-electron chi connectivity index (χ1n) is 7.93. The van der Waals surface area contributed by atoms with Gasteiger partial charge in [0, 0.05) is 17.2 Å². The van der Waals surface area contributed by atoms with Crippen molar-refractivity contribution in [2.24, 2.45) is 5.11 Å². The average Bonchev–Trinajstić information content (AvgIpc) is 2.66. The van der Waals surface area contributed by atoms with Crippen molar-refractivity contribution in [3.8, 4) is 5.75 Å². The van der Waals surface area contributed by atoms with Crippen LogP contribution in [-0.2, 0) is 4.79 Å². The maximum absolute atomic E-state index is 11.3. The molecule has 1 N–H and O–H groups in total. The molecule has 1 atom stereocenters. The highest BCUT2D eigenvalue weighted by Crippen LogP contribution is 2.29. The molecule has 26 heavy (non-hydrogen) atoms. The van der Waals surface area contributed by atoms with Gasteiger partial charge in [-0.05, 0) is 23.2 Å². The number of aromatic nitrogens is 2. The Morgan fingerprint density at radius 3 is 2.77 bits per heavy atom. The van der Waals surface area contributed by atoms with Gasteiger partial charge in [0.1, 0.15) is 17.7 Å². The van der Waals surface area contributed by atoms with Gasteiger partial charge in [0.05, 0.1) is 12.6 Å². The highest BCUT2D eigenvalue weighted by Gasteiger charge is 2.15. The number of hydrogen-bond acceptors (Lipinski definition) is 6. The van der Waals surface area contributed by atoms with E-state index in [0.29, 0.717) is 22.5 Å². The zero-order valence-electron chi connectivity index (χ0n) is 14.0. The number of fused-ring (bicyclic) bond motifs is 1. The van der Waals surface area contributed by atoms with Gasteiger partial charge in [-0.3, -0.25) is 4.79 Å². The van der Waals surface area contributed by atoms with Crippen molar-refractivity contribution in [1.82, 2.24) is 9.97 Å². The van der Waals surface area contributed by atoms with E-state index in [0.717, 1.165) is 5.56 Å². The normalized spacial score (nSPS) is 11.4. The summed E-state index contributed by atoms with van der Waals surface area (Å²) in [5, 5.41) is 7.69. The van der Waals surface area contributed by atoms with E-state index in [1.807, 2.05) is 36.4 Å². The Bertz CT molecular complexity index is 970. The number of benzene rings is 2. The summed E-state index contributed by atoms with van der Waals surface area (Å²) in [6, 6.07) is 14.6. The van der Waals surface area contributed by atoms with Gasteiger partial charge < -0.3 is 10.1 Å². The maximum Gasteiger partial charge on any atom is 0.308 e. The summed E-state index contributed by atoms with van der Waals surface area (Å²) in [6.45, 7) is 1.56. The van der Waals surface area contributed by atoms with Crippen molar-refractivity contribution in [2.75, 3.05) is 11.9 Å². The number of para-hydroxylation sites is 1. The van der Waals surface area contributed by atoms with E-state index in [1.54, 1.807) is 12.1 Å². The van der Waals surface area contributed by atoms with Crippen LogP contribution in [0.25, 0.3) is 21.3 Å². The number of nitrogens with zero attached hydrogens (tertiary/aromatic N) is 5. The Morgan fingerprint density at radius 2 is 2.04 bits per heavy atom. The summed E-state index contributed by atoms with van der Waals surface area (Å²) in [4.78, 5) is 22.7. The number of hydrogen-bond donors (Lipinski definition) is 1. The van der Waals surface area contributed by atoms with Crippen LogP contribution in [0.5, 0.6) is 5.75 Å². The van der Waals surface area contributed by atoms with E-state index >= 15 is 0 Å². The third kappa shape index (κ3) is 3.88. The van der Waals surface area contributed by atoms with Crippen LogP contribution < -0.4 is 10.1 Å². The van der Waals surface area contributed by atoms with Crippen molar-refractivity contribution in [1.29, 1.82) is 0 Å². The van der Waals surface area contributed by atoms with E-state index < -0.39 is 5.97 Å². The summed E-state index contributed by atoms with van der Waals surface area (Å²) < 4.78 is 5.21. The molecular weight excluding hydrogens is 332 g/mol. The molecule has 130 valence electrons. The molecule has 0 amide bonds. The highest BCUT2D eigenvalue weighted by molar-refractivity contribution is 5.94. The molecule has 8 nitrogen and oxygen atoms in total. The Kier molecular flexibility index (Phi) is 5.26. The maximum atomic E-state index is 11.3. The number of esters is 1. The molecule has 0 bridgehead atoms. The summed E-state index contributed by atoms with van der Waals surface area (Å²) in [6.07, 6.45) is 1.40. The van der Waals surface area contributed by atoms with Crippen LogP contribution in [0.2, 0.25) is 0 Å². The Morgan fingerprint density at radius 1 is 1.23 bits per heavy atom. The molecule has 8 heteroatoms. The Labute approximate surface area is 149 Å². The SMILES string of the molecule is CC(=O)Oc1cccc2c(N[C@H](CN=[N+]=[N-])c3ccccc3)ncnc12. The van der Waals surface area contributed by atoms with Crippen molar-refractivity contribution in [3.05, 3.63) is 70.9 Å². The number of rotatable bonds is 6. The van der Waals surface area contributed by atoms with Crippen LogP contribution in [0, 0.1) is 0 Å². The summed E-state index contributed by atoms with van der Waals surface area (Å²) in [7, 11) is 0. The topological polar surface area (TPSA) is 113 Å². The first-order chi connectivity index (χ1) is 12.7. The second-order valence-electron chi connectivity index (χ2n) is 5.49. The molecule has 0 unspecified atom stereocenters. The van der Waals surface area contributed by atoms with E-state index in [2.05, 4.69) is 25.3 Å². The number of azide groups is 1. The van der Waals surface area contributed by atoms with Crippen LogP contribution >= 0.6 is 0 Å². The second-order valence-corrected chi connectivity index (χ2v) is 5.49. The minimum Gasteiger partial charge on any atom is -0.424 e. The molecule has 0 spiro atoms. The summed E-state index contributed by atoms with van der Waals surface area (Å²) >= 11 is 0. The summed E-state index contributed by atoms with van der Waals surface area (Å²) in [5.41, 5.74) is 10.2. The fraction of sp³-hybridized carbons (Fsp3) is 0.167. The fourth-order valence-electron chi connectivity index (χ4n) is 2.62. The molecular formula is C18H16N6O2. The molecule has 3 aromatic rings. The molecule has 1 heterocycles. The predicted octanol–water partition coefficient (Wildman–Crippen LogP) is 4.02. The van der Waals surface area contributed by atoms with E-state index in [9.17, 15) is 4.79 Å². The van der Waals surface area contributed by atoms with Gasteiger partial charge in [-0.25, -0.2) is 9.97 Å². The van der Waals surface area contributed by atoms with E-state index in [4.69, 9.17) is 10.3 Å². The third-order valence-corrected chi connectivity index (χ3v) is 3.72. The minimum absolute atomic E-state index is 0.218. The fourth-order valence-corrected chi connectivity index (χ4v) is 2.62. The lowest BCUT2D eigenvalue weighted by atomic mass is 10.1. The van der Waals surface area contributed by atoms with Crippen LogP contribution in [0.1, 0.15) is 18.5 Å². The van der Waals surface area contributed by atoms with Crippen molar-refractivity contribution < 1.29 is 9.53 Å². The molecule has 0 aliphatic rings. The monoisotopic (exact) mass is 348 g/mol. The number of nitrogens with one attached hydrogen (secondary N) is 1. The molecule has 2 aromatic carbocycles. The lowest BCUT2D eigenvalue weighted by Gasteiger charge is -2.19. The Hall–Kier alpha value is -3.64. The Balaban J connectivity index is 2.00. The van der Waals surface area contributed by atoms with E-state index in [-0.39, 0.29) is 12.6 Å². The van der Waals surface area contributed by atoms with Gasteiger partial charge in [-0.1, -0.05) is 41.5 Å². The first-order valence-corrected chi connectivity index (χ1v) is 7.93. The van der Waals surface area contributed by atoms with Gasteiger partial charge in [-0.15, -0.1) is 0 Å². The van der Waals surface area contributed by atoms with Gasteiger partial charge in [0.25, 0.3) is 0 Å². The molecule has 0 radical (unpaired) electrons. The van der Waals surface area contributed by atoms with Gasteiger partial charge in [0.2, 0.25) is 0 Å². The average molecular weight is 348 g/mol. The number of carbonyl (C=O) groups is 1. The van der Waals surface area contributed by atoms with Crippen LogP contribution in [0.4, 0.5) is 5.82 Å². The van der Waals surface area contributed by atoms with Gasteiger partial charge in [0.15, 0.2) is 5.75 Å². The van der Waals surface area contributed by atoms with Crippen LogP contribution in [0.15, 0.2) is 60.0 Å². The van der Waals surface area contributed by atoms with Crippen molar-refractivity contribution >= 4 is 22.7 Å².